The molecule has 9 nitrogen and oxygen atoms in total. The van der Waals surface area contributed by atoms with E-state index in [4.69, 9.17) is 4.98 Å². The Bertz CT molecular complexity index is 1400. The summed E-state index contributed by atoms with van der Waals surface area (Å²) in [5.41, 5.74) is 2.68. The van der Waals surface area contributed by atoms with Gasteiger partial charge in [0.15, 0.2) is 5.65 Å². The van der Waals surface area contributed by atoms with Gasteiger partial charge in [0.25, 0.3) is 5.56 Å². The van der Waals surface area contributed by atoms with Gasteiger partial charge in [0, 0.05) is 37.3 Å². The number of hydrogen-bond donors (Lipinski definition) is 2. The Morgan fingerprint density at radius 3 is 2.86 bits per heavy atom. The lowest BCUT2D eigenvalue weighted by atomic mass is 10.3. The second kappa shape index (κ2) is 6.27. The van der Waals surface area contributed by atoms with E-state index < -0.39 is 0 Å². The normalized spacial score (nSPS) is 11.6. The van der Waals surface area contributed by atoms with Crippen LogP contribution in [0.15, 0.2) is 46.4 Å². The van der Waals surface area contributed by atoms with Crippen LogP contribution in [-0.4, -0.2) is 34.5 Å². The van der Waals surface area contributed by atoms with E-state index in [9.17, 15) is 9.59 Å². The molecule has 0 radical (unpaired) electrons. The Morgan fingerprint density at radius 1 is 1.21 bits per heavy atom. The molecule has 5 heterocycles. The van der Waals surface area contributed by atoms with Crippen molar-refractivity contribution in [3.05, 3.63) is 73.8 Å². The molecule has 28 heavy (non-hydrogen) atoms. The second-order valence-electron chi connectivity index (χ2n) is 6.49. The largest absolute Gasteiger partial charge is 0.329 e. The molecule has 0 spiro atoms. The summed E-state index contributed by atoms with van der Waals surface area (Å²) in [6.45, 7) is 0.280. The van der Waals surface area contributed by atoms with Crippen molar-refractivity contribution >= 4 is 32.6 Å². The number of hydrogen-bond acceptors (Lipinski definition) is 6. The fraction of sp³-hybridized carbons (Fsp3) is 0.167. The van der Waals surface area contributed by atoms with Crippen molar-refractivity contribution in [3.63, 3.8) is 0 Å². The number of rotatable bonds is 4. The highest BCUT2D eigenvalue weighted by atomic mass is 32.1. The van der Waals surface area contributed by atoms with Crippen LogP contribution in [0.1, 0.15) is 16.3 Å². The molecule has 0 aliphatic rings. The summed E-state index contributed by atoms with van der Waals surface area (Å²) in [6.07, 6.45) is 5.72. The van der Waals surface area contributed by atoms with Crippen molar-refractivity contribution in [2.45, 2.75) is 13.0 Å². The quantitative estimate of drug-likeness (QED) is 0.479. The van der Waals surface area contributed by atoms with Crippen LogP contribution in [0.25, 0.3) is 21.3 Å². The van der Waals surface area contributed by atoms with Gasteiger partial charge in [0.05, 0.1) is 23.1 Å². The summed E-state index contributed by atoms with van der Waals surface area (Å²) < 4.78 is 4.16. The topological polar surface area (TPSA) is 114 Å². The Balaban J connectivity index is 1.58. The highest BCUT2D eigenvalue weighted by Crippen LogP contribution is 2.31. The van der Waals surface area contributed by atoms with Gasteiger partial charge in [-0.25, -0.2) is 9.67 Å². The molecule has 0 aliphatic heterocycles. The lowest BCUT2D eigenvalue weighted by Crippen LogP contribution is -2.24. The standard InChI is InChI=1S/C18H15N7O2S/c1-24-15-12(16-17(24)22-14(28-16)6-11-4-5-20-23-11)8-21-25(18(15)27)9-10-2-3-13(26)19-7-10/h2-5,7-8H,6,9H2,1H3,(H,19,26)(H,20,23). The zero-order valence-corrected chi connectivity index (χ0v) is 15.7. The number of pyridine rings is 1. The molecule has 5 aromatic heterocycles. The fourth-order valence-corrected chi connectivity index (χ4v) is 4.40. The van der Waals surface area contributed by atoms with E-state index in [0.717, 1.165) is 32.0 Å². The lowest BCUT2D eigenvalue weighted by molar-refractivity contribution is 0.642. The second-order valence-corrected chi connectivity index (χ2v) is 7.58. The highest BCUT2D eigenvalue weighted by molar-refractivity contribution is 7.19. The molecule has 0 amide bonds. The van der Waals surface area contributed by atoms with Crippen molar-refractivity contribution in [2.75, 3.05) is 0 Å². The molecule has 140 valence electrons. The monoisotopic (exact) mass is 393 g/mol. The molecule has 0 unspecified atom stereocenters. The number of aryl methyl sites for hydroxylation is 1. The van der Waals surface area contributed by atoms with E-state index in [2.05, 4.69) is 20.3 Å². The van der Waals surface area contributed by atoms with Crippen LogP contribution in [0.3, 0.4) is 0 Å². The van der Waals surface area contributed by atoms with Crippen LogP contribution >= 0.6 is 11.3 Å². The molecule has 10 heteroatoms. The third-order valence-corrected chi connectivity index (χ3v) is 5.72. The van der Waals surface area contributed by atoms with Crippen LogP contribution in [-0.2, 0) is 20.0 Å². The van der Waals surface area contributed by atoms with Gasteiger partial charge in [-0.1, -0.05) is 6.07 Å². The van der Waals surface area contributed by atoms with Crippen molar-refractivity contribution < 1.29 is 0 Å². The summed E-state index contributed by atoms with van der Waals surface area (Å²) >= 11 is 1.55. The Hall–Kier alpha value is -3.53. The molecule has 5 rings (SSSR count). The van der Waals surface area contributed by atoms with Gasteiger partial charge in [0.2, 0.25) is 5.56 Å². The summed E-state index contributed by atoms with van der Waals surface area (Å²) in [5.74, 6) is 0. The van der Waals surface area contributed by atoms with Crippen LogP contribution < -0.4 is 11.1 Å². The number of thiazole rings is 1. The van der Waals surface area contributed by atoms with Crippen molar-refractivity contribution in [2.24, 2.45) is 7.05 Å². The molecular formula is C18H15N7O2S. The zero-order chi connectivity index (χ0) is 19.3. The zero-order valence-electron chi connectivity index (χ0n) is 14.8. The smallest absolute Gasteiger partial charge is 0.291 e. The maximum Gasteiger partial charge on any atom is 0.291 e. The number of H-pyrrole nitrogens is 2. The number of nitrogens with zero attached hydrogens (tertiary/aromatic N) is 5. The molecule has 0 atom stereocenters. The average Bonchev–Trinajstić information content (AvgIpc) is 3.39. The number of aromatic nitrogens is 7. The van der Waals surface area contributed by atoms with Crippen LogP contribution in [0.4, 0.5) is 0 Å². The molecule has 5 aromatic rings. The summed E-state index contributed by atoms with van der Waals surface area (Å²) in [6, 6.07) is 5.03. The van der Waals surface area contributed by atoms with E-state index in [1.54, 1.807) is 36.0 Å². The van der Waals surface area contributed by atoms with Crippen molar-refractivity contribution in [1.82, 2.24) is 34.5 Å². The minimum absolute atomic E-state index is 0.182. The Kier molecular flexibility index (Phi) is 3.72. The van der Waals surface area contributed by atoms with Gasteiger partial charge in [0.1, 0.15) is 10.5 Å². The molecule has 0 saturated carbocycles. The van der Waals surface area contributed by atoms with Crippen LogP contribution in [0, 0.1) is 0 Å². The van der Waals surface area contributed by atoms with Gasteiger partial charge in [-0.2, -0.15) is 10.2 Å². The third-order valence-electron chi connectivity index (χ3n) is 4.64. The highest BCUT2D eigenvalue weighted by Gasteiger charge is 2.18. The molecule has 0 aliphatic carbocycles. The van der Waals surface area contributed by atoms with E-state index in [1.165, 1.54) is 10.7 Å². The SMILES string of the molecule is Cn1c2nc(Cc3cc[nH]n3)sc2c2cnn(Cc3ccc(=O)[nH]c3)c(=O)c21. The van der Waals surface area contributed by atoms with Gasteiger partial charge in [-0.05, 0) is 11.6 Å². The predicted molar refractivity (Wildman–Crippen MR) is 106 cm³/mol. The third kappa shape index (κ3) is 2.65. The van der Waals surface area contributed by atoms with Crippen LogP contribution in [0.2, 0.25) is 0 Å². The molecule has 2 N–H and O–H groups in total. The molecule has 0 bridgehead atoms. The van der Waals surface area contributed by atoms with Gasteiger partial charge in [-0.15, -0.1) is 11.3 Å². The van der Waals surface area contributed by atoms with Crippen molar-refractivity contribution in [3.8, 4) is 0 Å². The first-order valence-electron chi connectivity index (χ1n) is 8.60. The minimum atomic E-state index is -0.190. The molecule has 0 aromatic carbocycles. The van der Waals surface area contributed by atoms with E-state index in [-0.39, 0.29) is 17.7 Å². The summed E-state index contributed by atoms with van der Waals surface area (Å²) in [4.78, 5) is 31.5. The average molecular weight is 393 g/mol. The van der Waals surface area contributed by atoms with Crippen molar-refractivity contribution in [1.29, 1.82) is 0 Å². The Morgan fingerprint density at radius 2 is 2.11 bits per heavy atom. The lowest BCUT2D eigenvalue weighted by Gasteiger charge is -2.05. The number of nitrogens with one attached hydrogen (secondary N) is 2. The first-order chi connectivity index (χ1) is 13.6. The first kappa shape index (κ1) is 16.6. The van der Waals surface area contributed by atoms with E-state index in [1.807, 2.05) is 17.7 Å². The number of aromatic amines is 2. The Labute approximate surface area is 161 Å². The maximum absolute atomic E-state index is 13.0. The van der Waals surface area contributed by atoms with Gasteiger partial charge in [-0.3, -0.25) is 14.7 Å². The predicted octanol–water partition coefficient (Wildman–Crippen LogP) is 1.40. The number of fused-ring (bicyclic) bond motifs is 3. The van der Waals surface area contributed by atoms with Gasteiger partial charge < -0.3 is 9.55 Å². The summed E-state index contributed by atoms with van der Waals surface area (Å²) in [5, 5.41) is 13.0. The van der Waals surface area contributed by atoms with E-state index in [0.29, 0.717) is 11.9 Å². The van der Waals surface area contributed by atoms with Crippen LogP contribution in [0.5, 0.6) is 0 Å². The molecule has 0 saturated heterocycles. The minimum Gasteiger partial charge on any atom is -0.329 e. The van der Waals surface area contributed by atoms with E-state index >= 15 is 0 Å². The fourth-order valence-electron chi connectivity index (χ4n) is 3.28. The molecule has 0 fully saturated rings. The maximum atomic E-state index is 13.0. The summed E-state index contributed by atoms with van der Waals surface area (Å²) in [7, 11) is 1.84. The van der Waals surface area contributed by atoms with Gasteiger partial charge >= 0.3 is 0 Å². The molecular weight excluding hydrogens is 378 g/mol. The first-order valence-corrected chi connectivity index (χ1v) is 9.42.